The first-order valence-corrected chi connectivity index (χ1v) is 12.1. The molecule has 0 spiro atoms. The predicted octanol–water partition coefficient (Wildman–Crippen LogP) is 3.61. The molecule has 1 amide bonds. The molecule has 2 saturated heterocycles. The lowest BCUT2D eigenvalue weighted by molar-refractivity contribution is -0.126. The predicted molar refractivity (Wildman–Crippen MR) is 122 cm³/mol. The third-order valence-corrected chi connectivity index (χ3v) is 7.22. The first-order chi connectivity index (χ1) is 14.6. The number of amides is 1. The Morgan fingerprint density at radius 1 is 1.17 bits per heavy atom. The minimum Gasteiger partial charge on any atom is -0.357 e. The van der Waals surface area contributed by atoms with E-state index >= 15 is 0 Å². The van der Waals surface area contributed by atoms with Gasteiger partial charge in [-0.15, -0.1) is 11.3 Å². The summed E-state index contributed by atoms with van der Waals surface area (Å²) in [5.41, 5.74) is 2.21. The Kier molecular flexibility index (Phi) is 7.00. The highest BCUT2D eigenvalue weighted by Gasteiger charge is 2.25. The molecule has 0 aromatic carbocycles. The molecule has 0 bridgehead atoms. The largest absolute Gasteiger partial charge is 0.357 e. The third kappa shape index (κ3) is 5.58. The van der Waals surface area contributed by atoms with Crippen molar-refractivity contribution in [3.63, 3.8) is 0 Å². The van der Waals surface area contributed by atoms with E-state index in [1.54, 1.807) is 11.3 Å². The molecule has 4 rings (SSSR count). The fourth-order valence-electron chi connectivity index (χ4n) is 4.34. The van der Waals surface area contributed by atoms with Gasteiger partial charge in [0.25, 0.3) is 0 Å². The van der Waals surface area contributed by atoms with E-state index in [9.17, 15) is 4.79 Å². The molecule has 30 heavy (non-hydrogen) atoms. The number of carbonyl (C=O) groups is 1. The lowest BCUT2D eigenvalue weighted by Gasteiger charge is -2.31. The van der Waals surface area contributed by atoms with Crippen molar-refractivity contribution >= 4 is 23.1 Å². The number of aromatic nitrogens is 2. The number of nitrogens with one attached hydrogen (secondary N) is 1. The van der Waals surface area contributed by atoms with Gasteiger partial charge in [0.2, 0.25) is 5.91 Å². The number of aryl methyl sites for hydroxylation is 1. The highest BCUT2D eigenvalue weighted by Crippen LogP contribution is 2.22. The van der Waals surface area contributed by atoms with Crippen LogP contribution in [0.15, 0.2) is 23.7 Å². The van der Waals surface area contributed by atoms with Crippen molar-refractivity contribution in [3.8, 4) is 0 Å². The van der Waals surface area contributed by atoms with Crippen LogP contribution in [-0.2, 0) is 17.9 Å². The average Bonchev–Trinajstić information content (AvgIpc) is 3.18. The molecule has 0 atom stereocenters. The number of rotatable bonds is 6. The van der Waals surface area contributed by atoms with Crippen LogP contribution in [0.2, 0.25) is 0 Å². The zero-order valence-electron chi connectivity index (χ0n) is 18.1. The molecule has 7 heteroatoms. The van der Waals surface area contributed by atoms with Crippen LogP contribution in [-0.4, -0.2) is 47.0 Å². The molecular formula is C23H33N5OS. The van der Waals surface area contributed by atoms with Gasteiger partial charge in [0.15, 0.2) is 0 Å². The summed E-state index contributed by atoms with van der Waals surface area (Å²) >= 11 is 1.70. The van der Waals surface area contributed by atoms with Crippen molar-refractivity contribution in [1.29, 1.82) is 0 Å². The molecule has 0 aliphatic carbocycles. The summed E-state index contributed by atoms with van der Waals surface area (Å²) in [4.78, 5) is 26.6. The number of hydrogen-bond donors (Lipinski definition) is 1. The van der Waals surface area contributed by atoms with Crippen molar-refractivity contribution in [2.75, 3.05) is 31.1 Å². The monoisotopic (exact) mass is 427 g/mol. The van der Waals surface area contributed by atoms with Crippen molar-refractivity contribution in [2.45, 2.75) is 52.6 Å². The van der Waals surface area contributed by atoms with Crippen molar-refractivity contribution in [3.05, 3.63) is 40.0 Å². The summed E-state index contributed by atoms with van der Waals surface area (Å²) in [5.74, 6) is 2.16. The molecule has 4 heterocycles. The van der Waals surface area contributed by atoms with Gasteiger partial charge in [-0.1, -0.05) is 13.0 Å². The van der Waals surface area contributed by atoms with Gasteiger partial charge in [0.05, 0.1) is 10.7 Å². The normalized spacial score (nSPS) is 19.2. The number of hydrogen-bond acceptors (Lipinski definition) is 6. The summed E-state index contributed by atoms with van der Waals surface area (Å²) in [7, 11) is 0. The molecule has 0 saturated carbocycles. The smallest absolute Gasteiger partial charge is 0.223 e. The van der Waals surface area contributed by atoms with Crippen LogP contribution in [0.1, 0.15) is 48.9 Å². The molecule has 0 radical (unpaired) electrons. The molecule has 6 nitrogen and oxygen atoms in total. The molecule has 2 fully saturated rings. The first kappa shape index (κ1) is 21.2. The molecule has 0 unspecified atom stereocenters. The third-order valence-electron chi connectivity index (χ3n) is 6.39. The second kappa shape index (κ2) is 9.88. The molecular weight excluding hydrogens is 394 g/mol. The summed E-state index contributed by atoms with van der Waals surface area (Å²) in [6.45, 7) is 9.91. The topological polar surface area (TPSA) is 61.4 Å². The number of anilines is 1. The van der Waals surface area contributed by atoms with Crippen LogP contribution >= 0.6 is 11.3 Å². The molecule has 2 aromatic rings. The minimum absolute atomic E-state index is 0.112. The fourth-order valence-corrected chi connectivity index (χ4v) is 4.95. The SMILES string of the molecule is Cc1nc(CN2CCC(C(=O)NCc3ccc(N4CCC(C)CC4)nc3)CC2)cs1. The minimum atomic E-state index is 0.112. The van der Waals surface area contributed by atoms with Crippen molar-refractivity contribution in [2.24, 2.45) is 11.8 Å². The molecule has 2 aliphatic rings. The number of nitrogens with zero attached hydrogens (tertiary/aromatic N) is 4. The van der Waals surface area contributed by atoms with Gasteiger partial charge in [0.1, 0.15) is 5.82 Å². The summed E-state index contributed by atoms with van der Waals surface area (Å²) in [6.07, 6.45) is 6.22. The number of likely N-dealkylation sites (tertiary alicyclic amines) is 1. The number of thiazole rings is 1. The van der Waals surface area contributed by atoms with Gasteiger partial charge in [-0.05, 0) is 63.2 Å². The van der Waals surface area contributed by atoms with Crippen LogP contribution in [0.4, 0.5) is 5.82 Å². The van der Waals surface area contributed by atoms with Crippen LogP contribution in [0.25, 0.3) is 0 Å². The second-order valence-corrected chi connectivity index (χ2v) is 9.88. The van der Waals surface area contributed by atoms with E-state index in [1.807, 2.05) is 13.1 Å². The molecule has 1 N–H and O–H groups in total. The van der Waals surface area contributed by atoms with Gasteiger partial charge < -0.3 is 10.2 Å². The summed E-state index contributed by atoms with van der Waals surface area (Å²) in [5, 5.41) is 6.38. The number of carbonyl (C=O) groups excluding carboxylic acids is 1. The molecule has 162 valence electrons. The van der Waals surface area contributed by atoms with E-state index in [0.717, 1.165) is 73.6 Å². The summed E-state index contributed by atoms with van der Waals surface area (Å²) in [6, 6.07) is 4.19. The van der Waals surface area contributed by atoms with Crippen molar-refractivity contribution < 1.29 is 4.79 Å². The van der Waals surface area contributed by atoms with Crippen LogP contribution in [0.5, 0.6) is 0 Å². The lowest BCUT2D eigenvalue weighted by atomic mass is 9.95. The molecule has 2 aliphatic heterocycles. The van der Waals surface area contributed by atoms with E-state index in [1.165, 1.54) is 12.8 Å². The van der Waals surface area contributed by atoms with Crippen molar-refractivity contribution in [1.82, 2.24) is 20.2 Å². The second-order valence-electron chi connectivity index (χ2n) is 8.82. The zero-order chi connectivity index (χ0) is 20.9. The van der Waals surface area contributed by atoms with Gasteiger partial charge in [0, 0.05) is 43.7 Å². The van der Waals surface area contributed by atoms with E-state index in [-0.39, 0.29) is 11.8 Å². The van der Waals surface area contributed by atoms with E-state index < -0.39 is 0 Å². The zero-order valence-corrected chi connectivity index (χ0v) is 19.0. The Morgan fingerprint density at radius 2 is 1.93 bits per heavy atom. The van der Waals surface area contributed by atoms with Gasteiger partial charge in [-0.3, -0.25) is 9.69 Å². The van der Waals surface area contributed by atoms with Crippen LogP contribution < -0.4 is 10.2 Å². The fraction of sp³-hybridized carbons (Fsp3) is 0.609. The number of piperidine rings is 2. The van der Waals surface area contributed by atoms with E-state index in [2.05, 4.69) is 49.5 Å². The average molecular weight is 428 g/mol. The van der Waals surface area contributed by atoms with E-state index in [0.29, 0.717) is 6.54 Å². The van der Waals surface area contributed by atoms with Gasteiger partial charge >= 0.3 is 0 Å². The standard InChI is InChI=1S/C23H33N5OS/c1-17-5-11-28(12-6-17)22-4-3-19(13-24-22)14-25-23(29)20-7-9-27(10-8-20)15-21-16-30-18(2)26-21/h3-4,13,16-17,20H,5-12,14-15H2,1-2H3,(H,25,29). The van der Waals surface area contributed by atoms with Gasteiger partial charge in [-0.25, -0.2) is 9.97 Å². The Bertz CT molecular complexity index is 820. The summed E-state index contributed by atoms with van der Waals surface area (Å²) < 4.78 is 0. The first-order valence-electron chi connectivity index (χ1n) is 11.2. The quantitative estimate of drug-likeness (QED) is 0.763. The van der Waals surface area contributed by atoms with Crippen LogP contribution in [0, 0.1) is 18.8 Å². The van der Waals surface area contributed by atoms with Crippen LogP contribution in [0.3, 0.4) is 0 Å². The Labute approximate surface area is 183 Å². The lowest BCUT2D eigenvalue weighted by Crippen LogP contribution is -2.40. The maximum Gasteiger partial charge on any atom is 0.223 e. The highest BCUT2D eigenvalue weighted by atomic mass is 32.1. The maximum atomic E-state index is 12.6. The Balaban J connectivity index is 1.19. The highest BCUT2D eigenvalue weighted by molar-refractivity contribution is 7.09. The Morgan fingerprint density at radius 3 is 2.57 bits per heavy atom. The Hall–Kier alpha value is -1.99. The molecule has 2 aromatic heterocycles. The van der Waals surface area contributed by atoms with Gasteiger partial charge in [-0.2, -0.15) is 0 Å². The van der Waals surface area contributed by atoms with E-state index in [4.69, 9.17) is 0 Å². The maximum absolute atomic E-state index is 12.6. The number of pyridine rings is 1.